The molecule has 2 N–H and O–H groups in total. The molecule has 3 aromatic rings. The molecule has 1 heterocycles. The third-order valence-electron chi connectivity index (χ3n) is 3.88. The zero-order valence-electron chi connectivity index (χ0n) is 15.0. The summed E-state index contributed by atoms with van der Waals surface area (Å²) in [5.41, 5.74) is 1.18. The number of carbonyl (C=O) groups excluding carboxylic acids is 2. The van der Waals surface area contributed by atoms with E-state index in [1.807, 2.05) is 35.7 Å². The first-order chi connectivity index (χ1) is 13.6. The topological polar surface area (TPSA) is 58.2 Å². The van der Waals surface area contributed by atoms with Crippen LogP contribution in [0.15, 0.2) is 70.9 Å². The van der Waals surface area contributed by atoms with Gasteiger partial charge in [-0.15, -0.1) is 23.1 Å². The Morgan fingerprint density at radius 3 is 2.32 bits per heavy atom. The predicted molar refractivity (Wildman–Crippen MR) is 116 cm³/mol. The molecule has 0 radical (unpaired) electrons. The van der Waals surface area contributed by atoms with Gasteiger partial charge in [0.2, 0.25) is 0 Å². The van der Waals surface area contributed by atoms with Crippen molar-refractivity contribution >= 4 is 46.5 Å². The maximum absolute atomic E-state index is 12.5. The standard InChI is InChI=1S/C21H19ClN2O2S2/c22-16-9-7-15(8-10-16)20(25)23-11-12-24-21(26)18-5-1-2-6-19(18)28-14-17-4-3-13-27-17/h1-10,13H,11-12,14H2,(H,23,25)(H,24,26). The molecule has 28 heavy (non-hydrogen) atoms. The third-order valence-corrected chi connectivity index (χ3v) is 6.32. The van der Waals surface area contributed by atoms with Crippen LogP contribution < -0.4 is 10.6 Å². The lowest BCUT2D eigenvalue weighted by Gasteiger charge is -2.10. The fourth-order valence-corrected chi connectivity index (χ4v) is 4.42. The van der Waals surface area contributed by atoms with Crippen molar-refractivity contribution in [2.75, 3.05) is 13.1 Å². The Morgan fingerprint density at radius 1 is 0.893 bits per heavy atom. The Morgan fingerprint density at radius 2 is 1.61 bits per heavy atom. The molecule has 4 nitrogen and oxygen atoms in total. The number of hydrogen-bond acceptors (Lipinski definition) is 4. The summed E-state index contributed by atoms with van der Waals surface area (Å²) in [6.07, 6.45) is 0. The van der Waals surface area contributed by atoms with Gasteiger partial charge in [0.15, 0.2) is 0 Å². The Labute approximate surface area is 177 Å². The van der Waals surface area contributed by atoms with Crippen molar-refractivity contribution in [1.82, 2.24) is 10.6 Å². The number of rotatable bonds is 8. The lowest BCUT2D eigenvalue weighted by atomic mass is 10.2. The van der Waals surface area contributed by atoms with Crippen molar-refractivity contribution in [1.29, 1.82) is 0 Å². The average Bonchev–Trinajstić information content (AvgIpc) is 3.24. The molecule has 1 aromatic heterocycles. The van der Waals surface area contributed by atoms with E-state index < -0.39 is 0 Å². The Hall–Kier alpha value is -2.28. The van der Waals surface area contributed by atoms with Crippen molar-refractivity contribution in [2.45, 2.75) is 10.6 Å². The first-order valence-electron chi connectivity index (χ1n) is 8.69. The average molecular weight is 431 g/mol. The maximum atomic E-state index is 12.5. The van der Waals surface area contributed by atoms with Crippen LogP contribution >= 0.6 is 34.7 Å². The highest BCUT2D eigenvalue weighted by Crippen LogP contribution is 2.27. The van der Waals surface area contributed by atoms with Crippen molar-refractivity contribution in [3.63, 3.8) is 0 Å². The second-order valence-corrected chi connectivity index (χ2v) is 8.37. The van der Waals surface area contributed by atoms with Crippen LogP contribution in [-0.4, -0.2) is 24.9 Å². The number of benzene rings is 2. The van der Waals surface area contributed by atoms with Gasteiger partial charge in [-0.25, -0.2) is 0 Å². The van der Waals surface area contributed by atoms with Crippen LogP contribution in [-0.2, 0) is 5.75 Å². The van der Waals surface area contributed by atoms with Gasteiger partial charge in [-0.2, -0.15) is 0 Å². The molecule has 7 heteroatoms. The van der Waals surface area contributed by atoms with Crippen LogP contribution in [0.3, 0.4) is 0 Å². The van der Waals surface area contributed by atoms with Crippen molar-refractivity contribution in [3.8, 4) is 0 Å². The van der Waals surface area contributed by atoms with Crippen LogP contribution in [0.4, 0.5) is 0 Å². The summed E-state index contributed by atoms with van der Waals surface area (Å²) >= 11 is 9.17. The molecular weight excluding hydrogens is 412 g/mol. The van der Waals surface area contributed by atoms with Crippen LogP contribution in [0, 0.1) is 0 Å². The van der Waals surface area contributed by atoms with E-state index in [0.29, 0.717) is 29.2 Å². The van der Waals surface area contributed by atoms with Gasteiger partial charge in [-0.1, -0.05) is 29.8 Å². The molecule has 2 amide bonds. The van der Waals surface area contributed by atoms with E-state index in [-0.39, 0.29) is 11.8 Å². The number of carbonyl (C=O) groups is 2. The number of nitrogens with one attached hydrogen (secondary N) is 2. The van der Waals surface area contributed by atoms with Gasteiger partial charge < -0.3 is 10.6 Å². The van der Waals surface area contributed by atoms with E-state index in [9.17, 15) is 9.59 Å². The summed E-state index contributed by atoms with van der Waals surface area (Å²) in [5.74, 6) is 0.492. The van der Waals surface area contributed by atoms with Gasteiger partial charge in [0.25, 0.3) is 11.8 Å². The summed E-state index contributed by atoms with van der Waals surface area (Å²) in [6.45, 7) is 0.694. The zero-order chi connectivity index (χ0) is 19.8. The molecule has 0 atom stereocenters. The molecule has 144 valence electrons. The molecule has 3 rings (SSSR count). The molecule has 0 bridgehead atoms. The zero-order valence-corrected chi connectivity index (χ0v) is 17.4. The smallest absolute Gasteiger partial charge is 0.252 e. The molecular formula is C21H19ClN2O2S2. The van der Waals surface area contributed by atoms with Crippen LogP contribution in [0.5, 0.6) is 0 Å². The Kier molecular flexibility index (Phi) is 7.54. The second-order valence-electron chi connectivity index (χ2n) is 5.88. The lowest BCUT2D eigenvalue weighted by molar-refractivity contribution is 0.0926. The lowest BCUT2D eigenvalue weighted by Crippen LogP contribution is -2.34. The minimum atomic E-state index is -0.196. The summed E-state index contributed by atoms with van der Waals surface area (Å²) in [6, 6.07) is 18.3. The van der Waals surface area contributed by atoms with Crippen LogP contribution in [0.1, 0.15) is 25.6 Å². The van der Waals surface area contributed by atoms with E-state index in [0.717, 1.165) is 10.6 Å². The molecule has 0 aliphatic rings. The highest BCUT2D eigenvalue weighted by atomic mass is 35.5. The van der Waals surface area contributed by atoms with Crippen molar-refractivity contribution in [2.24, 2.45) is 0 Å². The highest BCUT2D eigenvalue weighted by Gasteiger charge is 2.11. The molecule has 0 unspecified atom stereocenters. The molecule has 0 aliphatic heterocycles. The van der Waals surface area contributed by atoms with Crippen molar-refractivity contribution < 1.29 is 9.59 Å². The van der Waals surface area contributed by atoms with E-state index in [1.54, 1.807) is 47.4 Å². The minimum Gasteiger partial charge on any atom is -0.350 e. The minimum absolute atomic E-state index is 0.143. The first-order valence-corrected chi connectivity index (χ1v) is 10.9. The van der Waals surface area contributed by atoms with E-state index in [4.69, 9.17) is 11.6 Å². The summed E-state index contributed by atoms with van der Waals surface area (Å²) in [5, 5.41) is 8.28. The third kappa shape index (κ3) is 5.86. The van der Waals surface area contributed by atoms with Gasteiger partial charge >= 0.3 is 0 Å². The number of thioether (sulfide) groups is 1. The molecule has 0 saturated carbocycles. The fourth-order valence-electron chi connectivity index (χ4n) is 2.47. The van der Waals surface area contributed by atoms with E-state index in [1.165, 1.54) is 4.88 Å². The Balaban J connectivity index is 1.48. The maximum Gasteiger partial charge on any atom is 0.252 e. The second kappa shape index (κ2) is 10.3. The SMILES string of the molecule is O=C(NCCNC(=O)c1ccccc1SCc1cccs1)c1ccc(Cl)cc1. The fraction of sp³-hybridized carbons (Fsp3) is 0.143. The molecule has 0 saturated heterocycles. The first kappa shape index (κ1) is 20.5. The van der Waals surface area contributed by atoms with Gasteiger partial charge in [0, 0.05) is 39.2 Å². The van der Waals surface area contributed by atoms with Crippen molar-refractivity contribution in [3.05, 3.63) is 87.1 Å². The van der Waals surface area contributed by atoms with Gasteiger partial charge in [-0.3, -0.25) is 9.59 Å². The van der Waals surface area contributed by atoms with Crippen LogP contribution in [0.25, 0.3) is 0 Å². The molecule has 0 spiro atoms. The summed E-state index contributed by atoms with van der Waals surface area (Å²) < 4.78 is 0. The predicted octanol–water partition coefficient (Wildman–Crippen LogP) is 4.85. The highest BCUT2D eigenvalue weighted by molar-refractivity contribution is 7.98. The van der Waals surface area contributed by atoms with Crippen LogP contribution in [0.2, 0.25) is 5.02 Å². The van der Waals surface area contributed by atoms with E-state index in [2.05, 4.69) is 16.7 Å². The monoisotopic (exact) mass is 430 g/mol. The van der Waals surface area contributed by atoms with E-state index >= 15 is 0 Å². The number of amides is 2. The van der Waals surface area contributed by atoms with Gasteiger partial charge in [-0.05, 0) is 47.8 Å². The molecule has 2 aromatic carbocycles. The Bertz CT molecular complexity index is 928. The number of halogens is 1. The van der Waals surface area contributed by atoms with Gasteiger partial charge in [0.1, 0.15) is 0 Å². The number of thiophene rings is 1. The normalized spacial score (nSPS) is 10.5. The largest absolute Gasteiger partial charge is 0.350 e. The molecule has 0 fully saturated rings. The quantitative estimate of drug-likeness (QED) is 0.396. The summed E-state index contributed by atoms with van der Waals surface area (Å²) in [7, 11) is 0. The summed E-state index contributed by atoms with van der Waals surface area (Å²) in [4.78, 5) is 26.8. The molecule has 0 aliphatic carbocycles. The van der Waals surface area contributed by atoms with Gasteiger partial charge in [0.05, 0.1) is 5.56 Å². The number of hydrogen-bond donors (Lipinski definition) is 2.